The Morgan fingerprint density at radius 1 is 0.800 bits per heavy atom. The fourth-order valence-corrected chi connectivity index (χ4v) is 0. The van der Waals surface area contributed by atoms with Crippen LogP contribution in [0.2, 0.25) is 0 Å². The summed E-state index contributed by atoms with van der Waals surface area (Å²) in [6.07, 6.45) is 5.44. The first-order chi connectivity index (χ1) is 2.00. The molecule has 0 aliphatic rings. The third-order valence-electron chi connectivity index (χ3n) is 0. The van der Waals surface area contributed by atoms with Crippen molar-refractivity contribution in [3.63, 3.8) is 0 Å². The van der Waals surface area contributed by atoms with E-state index in [4.69, 9.17) is 0 Å². The molecule has 0 aromatic carbocycles. The van der Waals surface area contributed by atoms with Crippen LogP contribution in [-0.4, -0.2) is 0 Å². The molecule has 0 N–H and O–H groups in total. The molecular formula is C2H4Cl2Co. The average Bonchev–Trinajstić information content (AvgIpc) is 1.50. The third kappa shape index (κ3) is 41.0. The zero-order chi connectivity index (χ0) is 4.00. The van der Waals surface area contributed by atoms with Crippen molar-refractivity contribution in [2.24, 2.45) is 0 Å². The van der Waals surface area contributed by atoms with Crippen molar-refractivity contribution in [1.29, 1.82) is 0 Å². The first-order valence-electron chi connectivity index (χ1n) is 0.535. The summed E-state index contributed by atoms with van der Waals surface area (Å²) >= 11 is 8.78. The Morgan fingerprint density at radius 3 is 0.800 bits per heavy atom. The Kier molecular flexibility index (Phi) is 238. The summed E-state index contributed by atoms with van der Waals surface area (Å²) in [5.41, 5.74) is 0. The van der Waals surface area contributed by atoms with Crippen LogP contribution in [0.1, 0.15) is 0 Å². The van der Waals surface area contributed by atoms with Crippen molar-refractivity contribution < 1.29 is 16.8 Å². The topological polar surface area (TPSA) is 0 Å². The maximum atomic E-state index is 4.39. The van der Waals surface area contributed by atoms with Crippen LogP contribution in [0.5, 0.6) is 0 Å². The van der Waals surface area contributed by atoms with E-state index in [1.165, 1.54) is 0 Å². The van der Waals surface area contributed by atoms with Gasteiger partial charge in [-0.25, -0.2) is 0 Å². The van der Waals surface area contributed by atoms with Gasteiger partial charge in [0.15, 0.2) is 0 Å². The summed E-state index contributed by atoms with van der Waals surface area (Å²) in [6.45, 7) is 0. The van der Waals surface area contributed by atoms with Gasteiger partial charge in [0.25, 0.3) is 0 Å². The molecule has 0 unspecified atom stereocenters. The van der Waals surface area contributed by atoms with E-state index in [2.05, 4.69) is 36.0 Å². The Labute approximate surface area is 53.0 Å². The Bertz CT molecular complexity index is 7.61. The fourth-order valence-electron chi connectivity index (χ4n) is 0. The number of rotatable bonds is 0. The molecule has 0 saturated carbocycles. The average molecular weight is 158 g/mol. The summed E-state index contributed by atoms with van der Waals surface area (Å²) in [7, 11) is 0. The van der Waals surface area contributed by atoms with Gasteiger partial charge in [0.1, 0.15) is 0 Å². The summed E-state index contributed by atoms with van der Waals surface area (Å²) < 4.78 is 0. The minimum Gasteiger partial charge on any atom is -0.352 e. The van der Waals surface area contributed by atoms with Gasteiger partial charge < -0.3 is 23.2 Å². The molecule has 0 heterocycles. The summed E-state index contributed by atoms with van der Waals surface area (Å²) in [5, 5.41) is 0. The zero-order valence-electron chi connectivity index (χ0n) is 2.50. The zero-order valence-corrected chi connectivity index (χ0v) is 5.06. The van der Waals surface area contributed by atoms with Crippen molar-refractivity contribution in [3.05, 3.63) is 12.8 Å². The third-order valence-corrected chi connectivity index (χ3v) is 0. The Balaban J connectivity index is -0.0000000133. The van der Waals surface area contributed by atoms with E-state index >= 15 is 0 Å². The summed E-state index contributed by atoms with van der Waals surface area (Å²) in [6, 6.07) is 0. The van der Waals surface area contributed by atoms with E-state index in [1.54, 1.807) is 0 Å². The molecule has 35 valence electrons. The second-order valence-corrected chi connectivity index (χ2v) is 0. The first kappa shape index (κ1) is 16.5. The van der Waals surface area contributed by atoms with Crippen LogP contribution in [0.3, 0.4) is 0 Å². The molecule has 0 aliphatic heterocycles. The maximum Gasteiger partial charge on any atom is 2.00 e. The molecule has 0 bridgehead atoms. The minimum absolute atomic E-state index is 0. The quantitative estimate of drug-likeness (QED) is 0.473. The Hall–Kier alpha value is 1.09. The smallest absolute Gasteiger partial charge is 0.352 e. The van der Waals surface area contributed by atoms with Crippen molar-refractivity contribution in [1.82, 2.24) is 0 Å². The van der Waals surface area contributed by atoms with E-state index < -0.39 is 0 Å². The van der Waals surface area contributed by atoms with E-state index in [1.807, 2.05) is 0 Å². The van der Waals surface area contributed by atoms with Crippen LogP contribution < -0.4 is 0 Å². The van der Waals surface area contributed by atoms with Crippen LogP contribution in [0.4, 0.5) is 0 Å². The van der Waals surface area contributed by atoms with Crippen molar-refractivity contribution in [3.8, 4) is 0 Å². The second-order valence-electron chi connectivity index (χ2n) is 0. The van der Waals surface area contributed by atoms with Gasteiger partial charge >= 0.3 is 16.8 Å². The predicted molar refractivity (Wildman–Crippen MR) is 22.4 cm³/mol. The van der Waals surface area contributed by atoms with Crippen molar-refractivity contribution in [2.75, 3.05) is 0 Å². The molecule has 0 aliphatic carbocycles. The fraction of sp³-hybridized carbons (Fsp3) is 0. The standard InChI is InChI=1S/2CH2Cl.Co/c2*1-2;/h2*1H2;/q2*-1;+2. The van der Waals surface area contributed by atoms with Gasteiger partial charge in [0.2, 0.25) is 0 Å². The molecule has 0 aromatic heterocycles. The number of hydrogen-bond acceptors (Lipinski definition) is 0. The molecule has 0 saturated heterocycles. The summed E-state index contributed by atoms with van der Waals surface area (Å²) in [4.78, 5) is 0. The van der Waals surface area contributed by atoms with Crippen LogP contribution in [0, 0.1) is 12.8 Å². The van der Waals surface area contributed by atoms with E-state index in [9.17, 15) is 0 Å². The van der Waals surface area contributed by atoms with Crippen LogP contribution in [-0.2, 0) is 16.8 Å². The van der Waals surface area contributed by atoms with E-state index in [0.29, 0.717) is 0 Å². The molecule has 0 atom stereocenters. The van der Waals surface area contributed by atoms with Crippen LogP contribution >= 0.6 is 23.2 Å². The molecule has 0 amide bonds. The van der Waals surface area contributed by atoms with Crippen molar-refractivity contribution in [2.45, 2.75) is 0 Å². The largest absolute Gasteiger partial charge is 2.00 e. The normalized spacial score (nSPS) is 2.40. The number of hydrogen-bond donors (Lipinski definition) is 0. The van der Waals surface area contributed by atoms with Gasteiger partial charge in [-0.2, -0.15) is 0 Å². The molecule has 0 nitrogen and oxygen atoms in total. The van der Waals surface area contributed by atoms with Crippen molar-refractivity contribution >= 4 is 23.2 Å². The Morgan fingerprint density at radius 2 is 0.800 bits per heavy atom. The summed E-state index contributed by atoms with van der Waals surface area (Å²) in [5.74, 6) is 0. The van der Waals surface area contributed by atoms with E-state index in [-0.39, 0.29) is 16.8 Å². The molecule has 0 rings (SSSR count). The molecule has 0 aromatic rings. The molecule has 0 fully saturated rings. The predicted octanol–water partition coefficient (Wildman–Crippen LogP) is 2.03. The SMILES string of the molecule is [CH2-]Cl.[CH2-]Cl.[Co+2]. The van der Waals surface area contributed by atoms with E-state index in [0.717, 1.165) is 0 Å². The van der Waals surface area contributed by atoms with Gasteiger partial charge in [-0.3, -0.25) is 12.8 Å². The molecule has 5 heavy (non-hydrogen) atoms. The molecule has 1 radical (unpaired) electrons. The molecular weight excluding hydrogens is 154 g/mol. The first-order valence-corrected chi connectivity index (χ1v) is 1.60. The number of halogens is 2. The monoisotopic (exact) mass is 157 g/mol. The maximum absolute atomic E-state index is 4.39. The second kappa shape index (κ2) is 72.0. The van der Waals surface area contributed by atoms with Gasteiger partial charge in [0.05, 0.1) is 0 Å². The van der Waals surface area contributed by atoms with Gasteiger partial charge in [-0.1, -0.05) is 0 Å². The van der Waals surface area contributed by atoms with Gasteiger partial charge in [-0.05, 0) is 0 Å². The molecule has 3 heteroatoms. The minimum atomic E-state index is 0. The van der Waals surface area contributed by atoms with Gasteiger partial charge in [-0.15, -0.1) is 0 Å². The van der Waals surface area contributed by atoms with Crippen LogP contribution in [0.15, 0.2) is 0 Å². The van der Waals surface area contributed by atoms with Crippen LogP contribution in [0.25, 0.3) is 0 Å². The molecule has 0 spiro atoms. The van der Waals surface area contributed by atoms with Gasteiger partial charge in [0, 0.05) is 0 Å².